The summed E-state index contributed by atoms with van der Waals surface area (Å²) >= 11 is 0. The van der Waals surface area contributed by atoms with Crippen LogP contribution in [-0.2, 0) is 22.5 Å². The molecule has 39 heavy (non-hydrogen) atoms. The Morgan fingerprint density at radius 1 is 1.08 bits per heavy atom. The van der Waals surface area contributed by atoms with Crippen LogP contribution in [0.4, 0.5) is 0 Å². The van der Waals surface area contributed by atoms with Gasteiger partial charge in [0.25, 0.3) is 5.56 Å². The molecule has 3 heterocycles. The van der Waals surface area contributed by atoms with Crippen molar-refractivity contribution in [2.24, 2.45) is 5.92 Å². The lowest BCUT2D eigenvalue weighted by molar-refractivity contribution is -0.149. The molecule has 4 aromatic rings. The summed E-state index contributed by atoms with van der Waals surface area (Å²) in [6.07, 6.45) is 2.03. The zero-order valence-electron chi connectivity index (χ0n) is 22.4. The van der Waals surface area contributed by atoms with Gasteiger partial charge in [0, 0.05) is 36.1 Å². The number of hydrogen-bond donors (Lipinski definition) is 1. The fourth-order valence-electron chi connectivity index (χ4n) is 5.26. The van der Waals surface area contributed by atoms with Crippen LogP contribution in [0.1, 0.15) is 49.7 Å². The van der Waals surface area contributed by atoms with Crippen LogP contribution in [0.5, 0.6) is 5.75 Å². The molecule has 1 aliphatic rings. The van der Waals surface area contributed by atoms with Crippen LogP contribution in [0.15, 0.2) is 59.4 Å². The van der Waals surface area contributed by atoms with Crippen molar-refractivity contribution in [2.75, 3.05) is 26.3 Å². The number of esters is 1. The Morgan fingerprint density at radius 2 is 1.87 bits per heavy atom. The molecule has 2 aromatic heterocycles. The molecular weight excluding hydrogens is 496 g/mol. The number of H-pyrrole nitrogens is 1. The quantitative estimate of drug-likeness (QED) is 0.310. The number of carbonyl (C=O) groups excluding carboxylic acids is 1. The van der Waals surface area contributed by atoms with Crippen molar-refractivity contribution in [3.05, 3.63) is 81.9 Å². The van der Waals surface area contributed by atoms with E-state index in [0.717, 1.165) is 23.1 Å². The highest BCUT2D eigenvalue weighted by atomic mass is 16.5. The van der Waals surface area contributed by atoms with Gasteiger partial charge in [0.1, 0.15) is 11.8 Å². The van der Waals surface area contributed by atoms with Crippen LogP contribution >= 0.6 is 0 Å². The van der Waals surface area contributed by atoms with Gasteiger partial charge < -0.3 is 14.5 Å². The molecule has 2 aromatic carbocycles. The Balaban J connectivity index is 1.51. The molecule has 0 amide bonds. The first-order valence-electron chi connectivity index (χ1n) is 13.6. The van der Waals surface area contributed by atoms with Gasteiger partial charge in [0.2, 0.25) is 0 Å². The van der Waals surface area contributed by atoms with Gasteiger partial charge in [-0.2, -0.15) is 0 Å². The number of tetrazole rings is 1. The predicted octanol–water partition coefficient (Wildman–Crippen LogP) is 3.52. The SMILES string of the molecule is CCOC(=O)C1CCN(C(c2cc3cc(OCC)ccc3[nH]c2=O)c2nnnn2CCc2ccccc2)CC1. The number of rotatable bonds is 10. The number of piperidine rings is 1. The average molecular weight is 531 g/mol. The zero-order chi connectivity index (χ0) is 27.2. The summed E-state index contributed by atoms with van der Waals surface area (Å²) in [5.41, 5.74) is 2.27. The number of aryl methyl sites for hydroxylation is 2. The third-order valence-electron chi connectivity index (χ3n) is 7.22. The van der Waals surface area contributed by atoms with Gasteiger partial charge in [0.15, 0.2) is 5.82 Å². The summed E-state index contributed by atoms with van der Waals surface area (Å²) in [6, 6.07) is 17.2. The highest BCUT2D eigenvalue weighted by Gasteiger charge is 2.35. The lowest BCUT2D eigenvalue weighted by Crippen LogP contribution is -2.42. The monoisotopic (exact) mass is 530 g/mol. The van der Waals surface area contributed by atoms with Crippen molar-refractivity contribution < 1.29 is 14.3 Å². The number of ether oxygens (including phenoxy) is 2. The van der Waals surface area contributed by atoms with E-state index in [1.807, 2.05) is 56.3 Å². The molecule has 204 valence electrons. The molecule has 0 saturated carbocycles. The summed E-state index contributed by atoms with van der Waals surface area (Å²) in [5.74, 6) is 1.03. The van der Waals surface area contributed by atoms with Gasteiger partial charge >= 0.3 is 5.97 Å². The van der Waals surface area contributed by atoms with Crippen LogP contribution in [-0.4, -0.2) is 62.4 Å². The number of carbonyl (C=O) groups is 1. The summed E-state index contributed by atoms with van der Waals surface area (Å²) in [4.78, 5) is 31.1. The number of benzene rings is 2. The topological polar surface area (TPSA) is 115 Å². The molecule has 5 rings (SSSR count). The van der Waals surface area contributed by atoms with Gasteiger partial charge in [-0.05, 0) is 73.4 Å². The summed E-state index contributed by atoms with van der Waals surface area (Å²) in [7, 11) is 0. The summed E-state index contributed by atoms with van der Waals surface area (Å²) in [5, 5.41) is 13.6. The number of aromatic amines is 1. The zero-order valence-corrected chi connectivity index (χ0v) is 22.4. The van der Waals surface area contributed by atoms with Crippen LogP contribution in [0.3, 0.4) is 0 Å². The molecule has 1 saturated heterocycles. The number of hydrogen-bond acceptors (Lipinski definition) is 8. The third-order valence-corrected chi connectivity index (χ3v) is 7.22. The Morgan fingerprint density at radius 3 is 2.62 bits per heavy atom. The molecule has 10 heteroatoms. The van der Waals surface area contributed by atoms with Gasteiger partial charge in [0.05, 0.1) is 19.1 Å². The van der Waals surface area contributed by atoms with E-state index in [0.29, 0.717) is 57.1 Å². The van der Waals surface area contributed by atoms with Gasteiger partial charge in [-0.15, -0.1) is 5.10 Å². The van der Waals surface area contributed by atoms with Crippen molar-refractivity contribution in [3.8, 4) is 5.75 Å². The number of fused-ring (bicyclic) bond motifs is 1. The average Bonchev–Trinajstić information content (AvgIpc) is 3.42. The van der Waals surface area contributed by atoms with Crippen molar-refractivity contribution in [3.63, 3.8) is 0 Å². The minimum atomic E-state index is -0.484. The summed E-state index contributed by atoms with van der Waals surface area (Å²) < 4.78 is 12.7. The lowest BCUT2D eigenvalue weighted by atomic mass is 9.94. The van der Waals surface area contributed by atoms with Crippen molar-refractivity contribution in [2.45, 2.75) is 45.7 Å². The molecule has 0 aliphatic carbocycles. The fraction of sp³-hybridized carbons (Fsp3) is 0.414. The maximum absolute atomic E-state index is 13.5. The highest BCUT2D eigenvalue weighted by molar-refractivity contribution is 5.80. The standard InChI is InChI=1S/C29H34N6O4/c1-3-38-23-10-11-25-22(18-23)19-24(28(36)30-25)26(34-15-13-21(14-16-34)29(37)39-4-2)27-31-32-33-35(27)17-12-20-8-6-5-7-9-20/h5-11,18-19,21,26H,3-4,12-17H2,1-2H3,(H,30,36). The van der Waals surface area contributed by atoms with Crippen LogP contribution in [0.2, 0.25) is 0 Å². The molecule has 1 fully saturated rings. The number of aromatic nitrogens is 5. The second-order valence-corrected chi connectivity index (χ2v) is 9.70. The van der Waals surface area contributed by atoms with Crippen molar-refractivity contribution in [1.82, 2.24) is 30.1 Å². The largest absolute Gasteiger partial charge is 0.494 e. The minimum Gasteiger partial charge on any atom is -0.494 e. The summed E-state index contributed by atoms with van der Waals surface area (Å²) in [6.45, 7) is 6.47. The maximum Gasteiger partial charge on any atom is 0.309 e. The molecule has 10 nitrogen and oxygen atoms in total. The first-order valence-corrected chi connectivity index (χ1v) is 13.6. The second kappa shape index (κ2) is 12.2. The maximum atomic E-state index is 13.5. The fourth-order valence-corrected chi connectivity index (χ4v) is 5.26. The number of nitrogens with one attached hydrogen (secondary N) is 1. The molecular formula is C29H34N6O4. The van der Waals surface area contributed by atoms with E-state index in [1.165, 1.54) is 5.56 Å². The molecule has 1 aliphatic heterocycles. The minimum absolute atomic E-state index is 0.153. The molecule has 1 unspecified atom stereocenters. The molecule has 0 spiro atoms. The predicted molar refractivity (Wildman–Crippen MR) is 146 cm³/mol. The third kappa shape index (κ3) is 6.01. The van der Waals surface area contributed by atoms with Crippen LogP contribution < -0.4 is 10.3 Å². The van der Waals surface area contributed by atoms with E-state index in [1.54, 1.807) is 4.68 Å². The Labute approximate surface area is 226 Å². The number of pyridine rings is 1. The number of nitrogens with zero attached hydrogens (tertiary/aromatic N) is 5. The molecule has 0 radical (unpaired) electrons. The Bertz CT molecular complexity index is 1460. The molecule has 1 N–H and O–H groups in total. The smallest absolute Gasteiger partial charge is 0.309 e. The first kappa shape index (κ1) is 26.6. The molecule has 1 atom stereocenters. The van der Waals surface area contributed by atoms with Gasteiger partial charge in [-0.1, -0.05) is 30.3 Å². The first-order chi connectivity index (χ1) is 19.1. The Kier molecular flexibility index (Phi) is 8.31. The van der Waals surface area contributed by atoms with E-state index in [9.17, 15) is 9.59 Å². The molecule has 0 bridgehead atoms. The second-order valence-electron chi connectivity index (χ2n) is 9.70. The van der Waals surface area contributed by atoms with Crippen molar-refractivity contribution in [1.29, 1.82) is 0 Å². The number of likely N-dealkylation sites (tertiary alicyclic amines) is 1. The van der Waals surface area contributed by atoms with E-state index in [2.05, 4.69) is 37.5 Å². The lowest BCUT2D eigenvalue weighted by Gasteiger charge is -2.36. The van der Waals surface area contributed by atoms with E-state index < -0.39 is 6.04 Å². The van der Waals surface area contributed by atoms with E-state index in [4.69, 9.17) is 9.47 Å². The van der Waals surface area contributed by atoms with E-state index >= 15 is 0 Å². The van der Waals surface area contributed by atoms with Gasteiger partial charge in [-0.3, -0.25) is 14.5 Å². The van der Waals surface area contributed by atoms with Gasteiger partial charge in [-0.25, -0.2) is 4.68 Å². The normalized spacial score (nSPS) is 15.3. The van der Waals surface area contributed by atoms with Crippen LogP contribution in [0.25, 0.3) is 10.9 Å². The highest BCUT2D eigenvalue weighted by Crippen LogP contribution is 2.32. The Hall–Kier alpha value is -4.05. The van der Waals surface area contributed by atoms with Crippen LogP contribution in [0, 0.1) is 5.92 Å². The van der Waals surface area contributed by atoms with Crippen molar-refractivity contribution >= 4 is 16.9 Å². The van der Waals surface area contributed by atoms with E-state index in [-0.39, 0.29) is 17.4 Å².